The van der Waals surface area contributed by atoms with Crippen molar-refractivity contribution in [3.63, 3.8) is 0 Å². The van der Waals surface area contributed by atoms with Gasteiger partial charge in [0.15, 0.2) is 5.82 Å². The van der Waals surface area contributed by atoms with Crippen molar-refractivity contribution in [2.24, 2.45) is 7.05 Å². The van der Waals surface area contributed by atoms with E-state index in [9.17, 15) is 4.79 Å². The lowest BCUT2D eigenvalue weighted by atomic mass is 10.2. The van der Waals surface area contributed by atoms with E-state index in [-0.39, 0.29) is 11.9 Å². The van der Waals surface area contributed by atoms with Gasteiger partial charge >= 0.3 is 0 Å². The summed E-state index contributed by atoms with van der Waals surface area (Å²) < 4.78 is 1.78. The number of rotatable bonds is 6. The van der Waals surface area contributed by atoms with Crippen LogP contribution in [0.15, 0.2) is 24.7 Å². The third-order valence-corrected chi connectivity index (χ3v) is 3.05. The first kappa shape index (κ1) is 15.0. The van der Waals surface area contributed by atoms with Crippen LogP contribution in [0.25, 0.3) is 0 Å². The second-order valence-electron chi connectivity index (χ2n) is 4.85. The van der Waals surface area contributed by atoms with Gasteiger partial charge < -0.3 is 15.2 Å². The highest BCUT2D eigenvalue weighted by atomic mass is 16.1. The molecule has 0 aromatic carbocycles. The maximum Gasteiger partial charge on any atom is 0.270 e. The molecule has 0 fully saturated rings. The van der Waals surface area contributed by atoms with E-state index in [4.69, 9.17) is 0 Å². The SMILES string of the molecule is CCCNc1ccnc(C(=O)NC(C)c2nncn2C)c1. The molecule has 1 amide bonds. The molecule has 0 spiro atoms. The fraction of sp³-hybridized carbons (Fsp3) is 0.429. The zero-order valence-electron chi connectivity index (χ0n) is 12.5. The van der Waals surface area contributed by atoms with Gasteiger partial charge in [0.25, 0.3) is 5.91 Å². The lowest BCUT2D eigenvalue weighted by molar-refractivity contribution is 0.0933. The lowest BCUT2D eigenvalue weighted by Crippen LogP contribution is -2.29. The standard InChI is InChI=1S/C14H20N6O/c1-4-6-15-11-5-7-16-12(8-11)14(21)18-10(2)13-19-17-9-20(13)3/h5,7-10H,4,6H2,1-3H3,(H,15,16)(H,18,21). The van der Waals surface area contributed by atoms with E-state index >= 15 is 0 Å². The van der Waals surface area contributed by atoms with Crippen LogP contribution >= 0.6 is 0 Å². The van der Waals surface area contributed by atoms with Crippen molar-refractivity contribution in [2.45, 2.75) is 26.3 Å². The van der Waals surface area contributed by atoms with Crippen LogP contribution in [0.2, 0.25) is 0 Å². The molecule has 1 atom stereocenters. The van der Waals surface area contributed by atoms with Gasteiger partial charge in [-0.25, -0.2) is 0 Å². The highest BCUT2D eigenvalue weighted by Gasteiger charge is 2.16. The summed E-state index contributed by atoms with van der Waals surface area (Å²) in [5.41, 5.74) is 1.27. The monoisotopic (exact) mass is 288 g/mol. The van der Waals surface area contributed by atoms with Crippen LogP contribution in [-0.2, 0) is 7.05 Å². The second kappa shape index (κ2) is 6.83. The van der Waals surface area contributed by atoms with Crippen LogP contribution in [0.4, 0.5) is 5.69 Å². The Morgan fingerprint density at radius 2 is 2.29 bits per heavy atom. The van der Waals surface area contributed by atoms with Gasteiger partial charge in [-0.15, -0.1) is 10.2 Å². The normalized spacial score (nSPS) is 12.0. The minimum absolute atomic E-state index is 0.231. The Labute approximate surface area is 123 Å². The van der Waals surface area contributed by atoms with E-state index in [1.807, 2.05) is 20.0 Å². The smallest absolute Gasteiger partial charge is 0.270 e. The van der Waals surface area contributed by atoms with Crippen molar-refractivity contribution < 1.29 is 4.79 Å². The first-order valence-electron chi connectivity index (χ1n) is 6.96. The Bertz CT molecular complexity index is 609. The zero-order chi connectivity index (χ0) is 15.2. The van der Waals surface area contributed by atoms with Crippen LogP contribution in [0.1, 0.15) is 42.6 Å². The molecule has 2 aromatic heterocycles. The predicted octanol–water partition coefficient (Wildman–Crippen LogP) is 1.52. The Morgan fingerprint density at radius 3 is 2.95 bits per heavy atom. The third-order valence-electron chi connectivity index (χ3n) is 3.05. The number of nitrogens with one attached hydrogen (secondary N) is 2. The number of carbonyl (C=O) groups is 1. The van der Waals surface area contributed by atoms with Crippen molar-refractivity contribution in [1.29, 1.82) is 0 Å². The highest BCUT2D eigenvalue weighted by Crippen LogP contribution is 2.11. The van der Waals surface area contributed by atoms with Crippen molar-refractivity contribution >= 4 is 11.6 Å². The topological polar surface area (TPSA) is 84.7 Å². The van der Waals surface area contributed by atoms with E-state index in [1.165, 1.54) is 0 Å². The average Bonchev–Trinajstić information content (AvgIpc) is 2.91. The van der Waals surface area contributed by atoms with Gasteiger partial charge in [0.05, 0.1) is 6.04 Å². The Morgan fingerprint density at radius 1 is 1.48 bits per heavy atom. The summed E-state index contributed by atoms with van der Waals surface area (Å²) in [7, 11) is 1.84. The molecule has 21 heavy (non-hydrogen) atoms. The Balaban J connectivity index is 2.04. The summed E-state index contributed by atoms with van der Waals surface area (Å²) >= 11 is 0. The van der Waals surface area contributed by atoms with Gasteiger partial charge in [0.1, 0.15) is 12.0 Å². The molecule has 0 radical (unpaired) electrons. The summed E-state index contributed by atoms with van der Waals surface area (Å²) in [5, 5.41) is 13.9. The first-order valence-corrected chi connectivity index (χ1v) is 6.96. The molecule has 1 unspecified atom stereocenters. The largest absolute Gasteiger partial charge is 0.385 e. The number of nitrogens with zero attached hydrogens (tertiary/aromatic N) is 4. The van der Waals surface area contributed by atoms with E-state index in [2.05, 4.69) is 32.7 Å². The molecule has 0 aliphatic heterocycles. The lowest BCUT2D eigenvalue weighted by Gasteiger charge is -2.13. The summed E-state index contributed by atoms with van der Waals surface area (Å²) in [6, 6.07) is 3.35. The van der Waals surface area contributed by atoms with Crippen LogP contribution in [0.3, 0.4) is 0 Å². The van der Waals surface area contributed by atoms with Crippen molar-refractivity contribution in [3.8, 4) is 0 Å². The predicted molar refractivity (Wildman–Crippen MR) is 79.9 cm³/mol. The molecule has 7 heteroatoms. The fourth-order valence-corrected chi connectivity index (χ4v) is 1.95. The van der Waals surface area contributed by atoms with Gasteiger partial charge in [-0.05, 0) is 25.5 Å². The molecule has 2 rings (SSSR count). The minimum Gasteiger partial charge on any atom is -0.385 e. The third kappa shape index (κ3) is 3.77. The number of carbonyl (C=O) groups excluding carboxylic acids is 1. The van der Waals surface area contributed by atoms with Gasteiger partial charge in [-0.2, -0.15) is 0 Å². The molecular formula is C14H20N6O. The summed E-state index contributed by atoms with van der Waals surface area (Å²) in [6.07, 6.45) is 4.25. The van der Waals surface area contributed by atoms with Crippen molar-refractivity contribution in [2.75, 3.05) is 11.9 Å². The summed E-state index contributed by atoms with van der Waals surface area (Å²) in [5.74, 6) is 0.467. The van der Waals surface area contributed by atoms with Gasteiger partial charge in [-0.1, -0.05) is 6.92 Å². The number of pyridine rings is 1. The van der Waals surface area contributed by atoms with Crippen molar-refractivity contribution in [3.05, 3.63) is 36.2 Å². The number of amides is 1. The van der Waals surface area contributed by atoms with E-state index < -0.39 is 0 Å². The quantitative estimate of drug-likeness (QED) is 0.842. The number of aromatic nitrogens is 4. The fourth-order valence-electron chi connectivity index (χ4n) is 1.95. The van der Waals surface area contributed by atoms with Crippen LogP contribution < -0.4 is 10.6 Å². The van der Waals surface area contributed by atoms with E-state index in [0.29, 0.717) is 11.5 Å². The molecule has 7 nitrogen and oxygen atoms in total. The van der Waals surface area contributed by atoms with Gasteiger partial charge in [0, 0.05) is 25.5 Å². The summed E-state index contributed by atoms with van der Waals surface area (Å²) in [6.45, 7) is 4.81. The van der Waals surface area contributed by atoms with E-state index in [0.717, 1.165) is 18.7 Å². The molecule has 0 aliphatic carbocycles. The molecule has 2 aromatic rings. The molecule has 0 bridgehead atoms. The molecule has 112 valence electrons. The average molecular weight is 288 g/mol. The first-order chi connectivity index (χ1) is 10.1. The van der Waals surface area contributed by atoms with Crippen LogP contribution in [0.5, 0.6) is 0 Å². The van der Waals surface area contributed by atoms with Gasteiger partial charge in [0.2, 0.25) is 0 Å². The highest BCUT2D eigenvalue weighted by molar-refractivity contribution is 5.93. The molecule has 2 N–H and O–H groups in total. The maximum atomic E-state index is 12.2. The second-order valence-corrected chi connectivity index (χ2v) is 4.85. The molecular weight excluding hydrogens is 268 g/mol. The number of anilines is 1. The van der Waals surface area contributed by atoms with Crippen LogP contribution in [0, 0.1) is 0 Å². The number of hydrogen-bond acceptors (Lipinski definition) is 5. The maximum absolute atomic E-state index is 12.2. The molecule has 0 saturated heterocycles. The van der Waals surface area contributed by atoms with E-state index in [1.54, 1.807) is 23.2 Å². The molecule has 0 saturated carbocycles. The zero-order valence-corrected chi connectivity index (χ0v) is 12.5. The van der Waals surface area contributed by atoms with Crippen LogP contribution in [-0.4, -0.2) is 32.2 Å². The van der Waals surface area contributed by atoms with Crippen molar-refractivity contribution in [1.82, 2.24) is 25.1 Å². The molecule has 2 heterocycles. The number of aryl methyl sites for hydroxylation is 1. The summed E-state index contributed by atoms with van der Waals surface area (Å²) in [4.78, 5) is 16.3. The Hall–Kier alpha value is -2.44. The minimum atomic E-state index is -0.237. The van der Waals surface area contributed by atoms with Gasteiger partial charge in [-0.3, -0.25) is 9.78 Å². The molecule has 0 aliphatic rings. The Kier molecular flexibility index (Phi) is 4.86. The number of hydrogen-bond donors (Lipinski definition) is 2.